The molecule has 1 unspecified atom stereocenters. The Bertz CT molecular complexity index is 434. The van der Waals surface area contributed by atoms with Crippen LogP contribution in [0, 0.1) is 10.1 Å². The van der Waals surface area contributed by atoms with E-state index in [0.717, 1.165) is 12.4 Å². The third-order valence-corrected chi connectivity index (χ3v) is 2.40. The molecule has 18 heavy (non-hydrogen) atoms. The van der Waals surface area contributed by atoms with Crippen LogP contribution in [-0.4, -0.2) is 39.9 Å². The fourth-order valence-corrected chi connectivity index (χ4v) is 1.58. The predicted molar refractivity (Wildman–Crippen MR) is 62.1 cm³/mol. The van der Waals surface area contributed by atoms with Crippen LogP contribution < -0.4 is 5.32 Å². The third kappa shape index (κ3) is 3.11. The summed E-state index contributed by atoms with van der Waals surface area (Å²) >= 11 is 0. The number of aromatic nitrogens is 2. The van der Waals surface area contributed by atoms with Crippen molar-refractivity contribution in [2.45, 2.75) is 25.7 Å². The van der Waals surface area contributed by atoms with E-state index in [4.69, 9.17) is 9.47 Å². The molecule has 0 bridgehead atoms. The van der Waals surface area contributed by atoms with Gasteiger partial charge in [0.25, 0.3) is 0 Å². The van der Waals surface area contributed by atoms with Crippen molar-refractivity contribution in [1.29, 1.82) is 0 Å². The number of hydrogen-bond donors (Lipinski definition) is 1. The first-order valence-corrected chi connectivity index (χ1v) is 5.48. The van der Waals surface area contributed by atoms with E-state index in [-0.39, 0.29) is 11.8 Å². The van der Waals surface area contributed by atoms with Gasteiger partial charge in [-0.1, -0.05) is 0 Å². The van der Waals surface area contributed by atoms with Crippen LogP contribution in [-0.2, 0) is 9.47 Å². The zero-order valence-electron chi connectivity index (χ0n) is 10.1. The van der Waals surface area contributed by atoms with Crippen molar-refractivity contribution >= 4 is 11.6 Å². The van der Waals surface area contributed by atoms with E-state index in [0.29, 0.717) is 19.1 Å². The molecule has 0 aliphatic carbocycles. The van der Waals surface area contributed by atoms with Crippen LogP contribution in [0.1, 0.15) is 13.8 Å². The summed E-state index contributed by atoms with van der Waals surface area (Å²) in [4.78, 5) is 17.6. The highest BCUT2D eigenvalue weighted by molar-refractivity contribution is 5.30. The summed E-state index contributed by atoms with van der Waals surface area (Å²) in [6.07, 6.45) is 2.23. The van der Waals surface area contributed by atoms with E-state index in [9.17, 15) is 10.1 Å². The second-order valence-corrected chi connectivity index (χ2v) is 4.35. The van der Waals surface area contributed by atoms with Crippen molar-refractivity contribution in [3.63, 3.8) is 0 Å². The molecule has 1 saturated heterocycles. The summed E-state index contributed by atoms with van der Waals surface area (Å²) < 4.78 is 11.0. The van der Waals surface area contributed by atoms with Crippen molar-refractivity contribution in [1.82, 2.24) is 9.97 Å². The van der Waals surface area contributed by atoms with E-state index in [1.807, 2.05) is 13.8 Å². The van der Waals surface area contributed by atoms with Gasteiger partial charge in [-0.05, 0) is 13.8 Å². The zero-order valence-corrected chi connectivity index (χ0v) is 10.1. The fraction of sp³-hybridized carbons (Fsp3) is 0.600. The predicted octanol–water partition coefficient (Wildman–Crippen LogP) is 0.948. The van der Waals surface area contributed by atoms with Crippen LogP contribution in [0.25, 0.3) is 0 Å². The van der Waals surface area contributed by atoms with Gasteiger partial charge in [0, 0.05) is 6.54 Å². The quantitative estimate of drug-likeness (QED) is 0.630. The smallest absolute Gasteiger partial charge is 0.305 e. The molecule has 0 amide bonds. The van der Waals surface area contributed by atoms with E-state index in [2.05, 4.69) is 15.3 Å². The minimum Gasteiger partial charge on any atom is -0.352 e. The van der Waals surface area contributed by atoms with Crippen molar-refractivity contribution < 1.29 is 14.4 Å². The molecule has 1 aromatic rings. The Balaban J connectivity index is 1.85. The normalized spacial score (nSPS) is 21.8. The largest absolute Gasteiger partial charge is 0.352 e. The Morgan fingerprint density at radius 2 is 2.22 bits per heavy atom. The van der Waals surface area contributed by atoms with Crippen molar-refractivity contribution in [3.05, 3.63) is 22.5 Å². The number of anilines is 1. The maximum atomic E-state index is 10.4. The van der Waals surface area contributed by atoms with Gasteiger partial charge in [0.1, 0.15) is 18.5 Å². The molecule has 0 aromatic carbocycles. The Morgan fingerprint density at radius 3 is 2.72 bits per heavy atom. The maximum absolute atomic E-state index is 10.4. The summed E-state index contributed by atoms with van der Waals surface area (Å²) in [5, 5.41) is 13.4. The second kappa shape index (κ2) is 4.83. The minimum atomic E-state index is -0.567. The molecule has 1 fully saturated rings. The summed E-state index contributed by atoms with van der Waals surface area (Å²) in [5.41, 5.74) is -0.137. The Labute approximate surface area is 103 Å². The minimum absolute atomic E-state index is 0.0845. The number of ether oxygens (including phenoxy) is 2. The number of nitro groups is 1. The summed E-state index contributed by atoms with van der Waals surface area (Å²) in [6, 6.07) is 0. The fourth-order valence-electron chi connectivity index (χ4n) is 1.58. The molecule has 0 saturated carbocycles. The van der Waals surface area contributed by atoms with Gasteiger partial charge in [-0.2, -0.15) is 0 Å². The van der Waals surface area contributed by atoms with Gasteiger partial charge in [0.15, 0.2) is 5.79 Å². The van der Waals surface area contributed by atoms with Crippen LogP contribution >= 0.6 is 0 Å². The molecule has 1 aliphatic heterocycles. The van der Waals surface area contributed by atoms with Crippen LogP contribution in [0.2, 0.25) is 0 Å². The standard InChI is InChI=1S/C10H14N4O4/c1-10(2)17-6-8(18-10)5-13-9-11-3-7(4-12-9)14(15)16/h3-4,8H,5-6H2,1-2H3,(H,11,12,13). The number of nitrogens with zero attached hydrogens (tertiary/aromatic N) is 3. The van der Waals surface area contributed by atoms with Gasteiger partial charge in [0.2, 0.25) is 5.95 Å². The van der Waals surface area contributed by atoms with E-state index in [1.165, 1.54) is 0 Å². The van der Waals surface area contributed by atoms with Crippen LogP contribution in [0.4, 0.5) is 11.6 Å². The van der Waals surface area contributed by atoms with E-state index < -0.39 is 10.7 Å². The average Bonchev–Trinajstić information content (AvgIpc) is 2.67. The van der Waals surface area contributed by atoms with Gasteiger partial charge in [-0.3, -0.25) is 10.1 Å². The summed E-state index contributed by atoms with van der Waals surface area (Å²) in [5.74, 6) is -0.239. The third-order valence-electron chi connectivity index (χ3n) is 2.40. The molecule has 8 heteroatoms. The molecule has 1 N–H and O–H groups in total. The Hall–Kier alpha value is -1.80. The van der Waals surface area contributed by atoms with Crippen molar-refractivity contribution in [3.8, 4) is 0 Å². The lowest BCUT2D eigenvalue weighted by Gasteiger charge is -2.17. The van der Waals surface area contributed by atoms with Gasteiger partial charge in [0.05, 0.1) is 11.5 Å². The zero-order chi connectivity index (χ0) is 13.2. The molecule has 2 rings (SSSR count). The molecule has 0 radical (unpaired) electrons. The van der Waals surface area contributed by atoms with Crippen LogP contribution in [0.15, 0.2) is 12.4 Å². The van der Waals surface area contributed by atoms with Crippen molar-refractivity contribution in [2.24, 2.45) is 0 Å². The van der Waals surface area contributed by atoms with Gasteiger partial charge in [-0.25, -0.2) is 9.97 Å². The second-order valence-electron chi connectivity index (χ2n) is 4.35. The first-order valence-electron chi connectivity index (χ1n) is 5.48. The molecule has 0 spiro atoms. The lowest BCUT2D eigenvalue weighted by atomic mass is 10.4. The van der Waals surface area contributed by atoms with E-state index >= 15 is 0 Å². The van der Waals surface area contributed by atoms with Crippen LogP contribution in [0.5, 0.6) is 0 Å². The van der Waals surface area contributed by atoms with Gasteiger partial charge >= 0.3 is 5.69 Å². The lowest BCUT2D eigenvalue weighted by molar-refractivity contribution is -0.385. The molecule has 98 valence electrons. The number of hydrogen-bond acceptors (Lipinski definition) is 7. The highest BCUT2D eigenvalue weighted by Gasteiger charge is 2.32. The highest BCUT2D eigenvalue weighted by atomic mass is 16.7. The Kier molecular flexibility index (Phi) is 3.39. The molecular formula is C10H14N4O4. The monoisotopic (exact) mass is 254 g/mol. The molecule has 1 atom stereocenters. The molecular weight excluding hydrogens is 240 g/mol. The highest BCUT2D eigenvalue weighted by Crippen LogP contribution is 2.22. The van der Waals surface area contributed by atoms with Crippen LogP contribution in [0.3, 0.4) is 0 Å². The molecule has 1 aromatic heterocycles. The SMILES string of the molecule is CC1(C)OCC(CNc2ncc([N+](=O)[O-])cn2)O1. The first kappa shape index (κ1) is 12.7. The molecule has 2 heterocycles. The summed E-state index contributed by atoms with van der Waals surface area (Å²) in [7, 11) is 0. The lowest BCUT2D eigenvalue weighted by Crippen LogP contribution is -2.26. The summed E-state index contributed by atoms with van der Waals surface area (Å²) in [6.45, 7) is 4.67. The average molecular weight is 254 g/mol. The number of nitrogens with one attached hydrogen (secondary N) is 1. The van der Waals surface area contributed by atoms with Gasteiger partial charge < -0.3 is 14.8 Å². The topological polar surface area (TPSA) is 99.4 Å². The van der Waals surface area contributed by atoms with E-state index in [1.54, 1.807) is 0 Å². The van der Waals surface area contributed by atoms with Crippen molar-refractivity contribution in [2.75, 3.05) is 18.5 Å². The Morgan fingerprint density at radius 1 is 1.56 bits per heavy atom. The van der Waals surface area contributed by atoms with Gasteiger partial charge in [-0.15, -0.1) is 0 Å². The molecule has 1 aliphatic rings. The maximum Gasteiger partial charge on any atom is 0.305 e. The number of rotatable bonds is 4. The first-order chi connectivity index (χ1) is 8.46. The molecule has 8 nitrogen and oxygen atoms in total.